The van der Waals surface area contributed by atoms with E-state index in [1.807, 2.05) is 0 Å². The third-order valence-electron chi connectivity index (χ3n) is 0.783. The molecule has 6 nitrogen and oxygen atoms in total. The molecule has 1 aromatic heterocycles. The van der Waals surface area contributed by atoms with Crippen molar-refractivity contribution in [1.29, 1.82) is 0 Å². The van der Waals surface area contributed by atoms with E-state index in [0.29, 0.717) is 5.82 Å². The minimum atomic E-state index is -0.178. The van der Waals surface area contributed by atoms with Crippen molar-refractivity contribution >= 4 is 11.7 Å². The van der Waals surface area contributed by atoms with Crippen molar-refractivity contribution in [1.82, 2.24) is 20.8 Å². The average Bonchev–Trinajstić information content (AvgIpc) is 2.34. The number of hydrazine groups is 1. The third-order valence-corrected chi connectivity index (χ3v) is 0.783. The highest BCUT2D eigenvalue weighted by Gasteiger charge is 1.92. The first kappa shape index (κ1) is 6.53. The fraction of sp³-hybridized carbons (Fsp3) is 0.250. The van der Waals surface area contributed by atoms with Gasteiger partial charge in [0.25, 0.3) is 0 Å². The first-order valence-electron chi connectivity index (χ1n) is 2.68. The van der Waals surface area contributed by atoms with Crippen LogP contribution in [0.25, 0.3) is 0 Å². The zero-order valence-corrected chi connectivity index (χ0v) is 5.38. The second-order valence-electron chi connectivity index (χ2n) is 1.66. The topological polar surface area (TPSA) is 82.7 Å². The van der Waals surface area contributed by atoms with Crippen LogP contribution in [0.5, 0.6) is 0 Å². The number of amides is 1. The SMILES string of the molecule is CC(=O)NNc1c[nH]nn1. The number of H-pyrrole nitrogens is 1. The second-order valence-corrected chi connectivity index (χ2v) is 1.66. The quantitative estimate of drug-likeness (QED) is 0.474. The van der Waals surface area contributed by atoms with E-state index in [9.17, 15) is 4.79 Å². The van der Waals surface area contributed by atoms with Gasteiger partial charge in [0.15, 0.2) is 5.82 Å². The van der Waals surface area contributed by atoms with Crippen LogP contribution < -0.4 is 10.9 Å². The van der Waals surface area contributed by atoms with Crippen molar-refractivity contribution in [2.24, 2.45) is 0 Å². The molecule has 6 heteroatoms. The first-order valence-corrected chi connectivity index (χ1v) is 2.68. The van der Waals surface area contributed by atoms with E-state index in [2.05, 4.69) is 26.3 Å². The Labute approximate surface area is 57.0 Å². The van der Waals surface area contributed by atoms with Gasteiger partial charge in [-0.2, -0.15) is 0 Å². The highest BCUT2D eigenvalue weighted by atomic mass is 16.2. The monoisotopic (exact) mass is 141 g/mol. The van der Waals surface area contributed by atoms with E-state index in [0.717, 1.165) is 0 Å². The molecule has 0 aliphatic rings. The molecule has 54 valence electrons. The van der Waals surface area contributed by atoms with Crippen LogP contribution in [0.1, 0.15) is 6.92 Å². The molecule has 0 saturated carbocycles. The van der Waals surface area contributed by atoms with Crippen LogP contribution in [-0.2, 0) is 4.79 Å². The van der Waals surface area contributed by atoms with Crippen molar-refractivity contribution in [3.8, 4) is 0 Å². The fourth-order valence-corrected chi connectivity index (χ4v) is 0.415. The van der Waals surface area contributed by atoms with Gasteiger partial charge in [-0.25, -0.2) is 0 Å². The molecule has 0 spiro atoms. The average molecular weight is 141 g/mol. The standard InChI is InChI=1S/C4H7N5O/c1-3(10)6-7-4-2-5-9-8-4/h2H,1H3,(H,6,10)(H2,5,7,8,9). The number of nitrogens with one attached hydrogen (secondary N) is 3. The van der Waals surface area contributed by atoms with Gasteiger partial charge < -0.3 is 0 Å². The summed E-state index contributed by atoms with van der Waals surface area (Å²) in [5.41, 5.74) is 4.86. The van der Waals surface area contributed by atoms with Gasteiger partial charge in [-0.05, 0) is 0 Å². The lowest BCUT2D eigenvalue weighted by Crippen LogP contribution is -2.26. The highest BCUT2D eigenvalue weighted by Crippen LogP contribution is 1.90. The van der Waals surface area contributed by atoms with Crippen molar-refractivity contribution < 1.29 is 4.79 Å². The molecule has 1 amide bonds. The van der Waals surface area contributed by atoms with Crippen LogP contribution in [0.4, 0.5) is 5.82 Å². The Morgan fingerprint density at radius 2 is 2.60 bits per heavy atom. The fourth-order valence-electron chi connectivity index (χ4n) is 0.415. The van der Waals surface area contributed by atoms with E-state index in [-0.39, 0.29) is 5.91 Å². The summed E-state index contributed by atoms with van der Waals surface area (Å²) in [6.45, 7) is 1.40. The third kappa shape index (κ3) is 1.73. The summed E-state index contributed by atoms with van der Waals surface area (Å²) in [5, 5.41) is 9.45. The lowest BCUT2D eigenvalue weighted by Gasteiger charge is -1.98. The zero-order chi connectivity index (χ0) is 7.40. The number of rotatable bonds is 2. The van der Waals surface area contributed by atoms with Gasteiger partial charge in [0.05, 0.1) is 6.20 Å². The van der Waals surface area contributed by atoms with Crippen molar-refractivity contribution in [2.75, 3.05) is 5.43 Å². The van der Waals surface area contributed by atoms with Gasteiger partial charge in [0.1, 0.15) is 0 Å². The molecule has 0 saturated heterocycles. The van der Waals surface area contributed by atoms with Gasteiger partial charge in [-0.3, -0.25) is 20.7 Å². The van der Waals surface area contributed by atoms with Gasteiger partial charge in [0, 0.05) is 6.92 Å². The summed E-state index contributed by atoms with van der Waals surface area (Å²) in [6, 6.07) is 0. The van der Waals surface area contributed by atoms with Crippen LogP contribution >= 0.6 is 0 Å². The number of hydrogen-bond donors (Lipinski definition) is 3. The molecule has 0 atom stereocenters. The maximum atomic E-state index is 10.3. The van der Waals surface area contributed by atoms with Crippen molar-refractivity contribution in [3.05, 3.63) is 6.20 Å². The summed E-state index contributed by atoms with van der Waals surface area (Å²) >= 11 is 0. The van der Waals surface area contributed by atoms with Gasteiger partial charge >= 0.3 is 0 Å². The van der Waals surface area contributed by atoms with E-state index in [1.165, 1.54) is 13.1 Å². The number of aromatic amines is 1. The van der Waals surface area contributed by atoms with Crippen molar-refractivity contribution in [3.63, 3.8) is 0 Å². The maximum absolute atomic E-state index is 10.3. The molecule has 0 fully saturated rings. The molecule has 1 rings (SSSR count). The summed E-state index contributed by atoms with van der Waals surface area (Å²) in [7, 11) is 0. The summed E-state index contributed by atoms with van der Waals surface area (Å²) in [6.07, 6.45) is 1.52. The Balaban J connectivity index is 2.35. The summed E-state index contributed by atoms with van der Waals surface area (Å²) in [4.78, 5) is 10.3. The molecule has 0 aliphatic heterocycles. The van der Waals surface area contributed by atoms with E-state index in [1.54, 1.807) is 0 Å². The molecule has 0 unspecified atom stereocenters. The molecule has 0 aromatic carbocycles. The highest BCUT2D eigenvalue weighted by molar-refractivity contribution is 5.74. The van der Waals surface area contributed by atoms with Crippen LogP contribution in [0.2, 0.25) is 0 Å². The number of hydrogen-bond acceptors (Lipinski definition) is 4. The lowest BCUT2D eigenvalue weighted by molar-refractivity contribution is -0.118. The van der Waals surface area contributed by atoms with E-state index < -0.39 is 0 Å². The first-order chi connectivity index (χ1) is 4.79. The van der Waals surface area contributed by atoms with Crippen molar-refractivity contribution in [2.45, 2.75) is 6.92 Å². The lowest BCUT2D eigenvalue weighted by atomic mass is 10.7. The second kappa shape index (κ2) is 2.81. The Hall–Kier alpha value is -1.59. The number of carbonyl (C=O) groups excluding carboxylic acids is 1. The molecule has 0 aliphatic carbocycles. The Morgan fingerprint density at radius 1 is 1.80 bits per heavy atom. The smallest absolute Gasteiger partial charge is 0.235 e. The maximum Gasteiger partial charge on any atom is 0.235 e. The molecule has 3 N–H and O–H groups in total. The number of nitrogens with zero attached hydrogens (tertiary/aromatic N) is 2. The minimum absolute atomic E-state index is 0.178. The number of anilines is 1. The predicted octanol–water partition coefficient (Wildman–Crippen LogP) is -0.732. The summed E-state index contributed by atoms with van der Waals surface area (Å²) in [5.74, 6) is 0.304. The molecule has 1 aromatic rings. The molecule has 0 radical (unpaired) electrons. The molecule has 1 heterocycles. The summed E-state index contributed by atoms with van der Waals surface area (Å²) < 4.78 is 0. The zero-order valence-electron chi connectivity index (χ0n) is 5.38. The van der Waals surface area contributed by atoms with Crippen LogP contribution in [0, 0.1) is 0 Å². The van der Waals surface area contributed by atoms with Gasteiger partial charge in [-0.15, -0.1) is 5.10 Å². The largest absolute Gasteiger partial charge is 0.279 e. The number of carbonyl (C=O) groups is 1. The molecular formula is C4H7N5O. The Morgan fingerprint density at radius 3 is 3.10 bits per heavy atom. The Bertz CT molecular complexity index is 205. The van der Waals surface area contributed by atoms with Gasteiger partial charge in [-0.1, -0.05) is 5.21 Å². The predicted molar refractivity (Wildman–Crippen MR) is 33.8 cm³/mol. The molecule has 10 heavy (non-hydrogen) atoms. The van der Waals surface area contributed by atoms with Crippen LogP contribution in [0.15, 0.2) is 6.20 Å². The van der Waals surface area contributed by atoms with Crippen LogP contribution in [0.3, 0.4) is 0 Å². The van der Waals surface area contributed by atoms with E-state index in [4.69, 9.17) is 0 Å². The van der Waals surface area contributed by atoms with Crippen LogP contribution in [-0.4, -0.2) is 21.3 Å². The van der Waals surface area contributed by atoms with Gasteiger partial charge in [0.2, 0.25) is 5.91 Å². The Kier molecular flexibility index (Phi) is 1.83. The minimum Gasteiger partial charge on any atom is -0.279 e. The molecular weight excluding hydrogens is 134 g/mol. The number of aromatic nitrogens is 3. The molecule has 0 bridgehead atoms. The normalized spacial score (nSPS) is 8.90. The van der Waals surface area contributed by atoms with E-state index >= 15 is 0 Å².